The minimum atomic E-state index is -0.261. The van der Waals surface area contributed by atoms with Crippen molar-refractivity contribution in [1.82, 2.24) is 19.6 Å². The highest BCUT2D eigenvalue weighted by Gasteiger charge is 1.98. The summed E-state index contributed by atoms with van der Waals surface area (Å²) in [5, 5.41) is 6.00. The molecule has 6 heteroatoms. The molecule has 0 atom stereocenters. The maximum atomic E-state index is 10.9. The number of halogens is 1. The van der Waals surface area contributed by atoms with Crippen LogP contribution in [0.25, 0.3) is 5.65 Å². The van der Waals surface area contributed by atoms with E-state index in [1.165, 1.54) is 10.6 Å². The number of aromatic nitrogens is 4. The highest BCUT2D eigenvalue weighted by molar-refractivity contribution is 9.10. The molecule has 2 aromatic heterocycles. The number of hydrogen-bond acceptors (Lipinski definition) is 3. The van der Waals surface area contributed by atoms with Crippen molar-refractivity contribution in [3.8, 4) is 0 Å². The summed E-state index contributed by atoms with van der Waals surface area (Å²) >= 11 is 3.14. The van der Waals surface area contributed by atoms with Crippen molar-refractivity contribution in [3.63, 3.8) is 0 Å². The number of H-pyrrole nitrogens is 1. The third kappa shape index (κ3) is 0.949. The van der Waals surface area contributed by atoms with Crippen molar-refractivity contribution in [2.24, 2.45) is 0 Å². The first-order valence-corrected chi connectivity index (χ1v) is 3.65. The summed E-state index contributed by atoms with van der Waals surface area (Å²) in [7, 11) is 0. The standard InChI is InChI=1S/C5H3BrN4O/c6-3-2-10-4(1-7-3)8-9-5(10)11/h1-2H,(H,9,11). The SMILES string of the molecule is O=c1[nH]nc2cnc(Br)cn12. The minimum absolute atomic E-state index is 0.261. The largest absolute Gasteiger partial charge is 0.347 e. The second-order valence-corrected chi connectivity index (χ2v) is 2.78. The fraction of sp³-hybridized carbons (Fsp3) is 0. The van der Waals surface area contributed by atoms with Crippen molar-refractivity contribution >= 4 is 21.6 Å². The van der Waals surface area contributed by atoms with Gasteiger partial charge in [-0.1, -0.05) is 0 Å². The van der Waals surface area contributed by atoms with Crippen LogP contribution in [0.3, 0.4) is 0 Å². The van der Waals surface area contributed by atoms with Crippen molar-refractivity contribution in [2.75, 3.05) is 0 Å². The van der Waals surface area contributed by atoms with Crippen molar-refractivity contribution < 1.29 is 0 Å². The van der Waals surface area contributed by atoms with Crippen molar-refractivity contribution in [3.05, 3.63) is 27.5 Å². The molecule has 2 aromatic rings. The molecule has 0 aliphatic rings. The van der Waals surface area contributed by atoms with Gasteiger partial charge in [0.25, 0.3) is 0 Å². The number of hydrogen-bond donors (Lipinski definition) is 1. The summed E-state index contributed by atoms with van der Waals surface area (Å²) in [6, 6.07) is 0. The lowest BCUT2D eigenvalue weighted by atomic mass is 10.7. The Morgan fingerprint density at radius 2 is 2.45 bits per heavy atom. The molecule has 5 nitrogen and oxygen atoms in total. The number of rotatable bonds is 0. The molecule has 2 heterocycles. The van der Waals surface area contributed by atoms with E-state index in [1.807, 2.05) is 0 Å². The average molecular weight is 215 g/mol. The Labute approximate surface area is 69.2 Å². The van der Waals surface area contributed by atoms with E-state index < -0.39 is 0 Å². The first kappa shape index (κ1) is 6.53. The highest BCUT2D eigenvalue weighted by Crippen LogP contribution is 2.03. The molecule has 0 aromatic carbocycles. The Balaban J connectivity index is 2.99. The molecule has 0 fully saturated rings. The Kier molecular flexibility index (Phi) is 1.28. The van der Waals surface area contributed by atoms with Gasteiger partial charge < -0.3 is 0 Å². The molecule has 0 saturated carbocycles. The lowest BCUT2D eigenvalue weighted by molar-refractivity contribution is 1.01. The lowest BCUT2D eigenvalue weighted by Gasteiger charge is -1.88. The average Bonchev–Trinajstić information content (AvgIpc) is 2.33. The molecule has 11 heavy (non-hydrogen) atoms. The zero-order valence-electron chi connectivity index (χ0n) is 5.28. The number of nitrogens with zero attached hydrogens (tertiary/aromatic N) is 3. The van der Waals surface area contributed by atoms with E-state index in [0.29, 0.717) is 10.3 Å². The van der Waals surface area contributed by atoms with E-state index in [1.54, 1.807) is 6.20 Å². The van der Waals surface area contributed by atoms with E-state index in [2.05, 4.69) is 31.1 Å². The Bertz CT molecular complexity index is 445. The molecule has 0 amide bonds. The summed E-state index contributed by atoms with van der Waals surface area (Å²) in [4.78, 5) is 14.8. The highest BCUT2D eigenvalue weighted by atomic mass is 79.9. The fourth-order valence-electron chi connectivity index (χ4n) is 0.792. The third-order valence-electron chi connectivity index (χ3n) is 1.27. The molecule has 0 spiro atoms. The van der Waals surface area contributed by atoms with Gasteiger partial charge in [0.05, 0.1) is 6.20 Å². The zero-order valence-corrected chi connectivity index (χ0v) is 6.87. The zero-order chi connectivity index (χ0) is 7.84. The molecule has 0 saturated heterocycles. The number of aromatic amines is 1. The minimum Gasteiger partial charge on any atom is -0.246 e. The van der Waals surface area contributed by atoms with Gasteiger partial charge in [-0.05, 0) is 15.9 Å². The van der Waals surface area contributed by atoms with E-state index in [-0.39, 0.29) is 5.69 Å². The summed E-state index contributed by atoms with van der Waals surface area (Å²) in [5.41, 5.74) is 0.251. The van der Waals surface area contributed by atoms with Crippen molar-refractivity contribution in [1.29, 1.82) is 0 Å². The smallest absolute Gasteiger partial charge is 0.246 e. The Morgan fingerprint density at radius 3 is 3.27 bits per heavy atom. The van der Waals surface area contributed by atoms with Crippen LogP contribution in [-0.4, -0.2) is 19.6 Å². The van der Waals surface area contributed by atoms with Crippen LogP contribution < -0.4 is 5.69 Å². The molecule has 56 valence electrons. The summed E-state index contributed by atoms with van der Waals surface area (Å²) in [6.07, 6.45) is 3.06. The van der Waals surface area contributed by atoms with Crippen LogP contribution in [0.5, 0.6) is 0 Å². The van der Waals surface area contributed by atoms with Gasteiger partial charge in [-0.2, -0.15) is 5.10 Å². The van der Waals surface area contributed by atoms with Crippen molar-refractivity contribution in [2.45, 2.75) is 0 Å². The predicted molar refractivity (Wildman–Crippen MR) is 41.3 cm³/mol. The van der Waals surface area contributed by atoms with Gasteiger partial charge >= 0.3 is 5.69 Å². The second-order valence-electron chi connectivity index (χ2n) is 1.97. The summed E-state index contributed by atoms with van der Waals surface area (Å²) in [6.45, 7) is 0. The van der Waals surface area contributed by atoms with Gasteiger partial charge in [0.1, 0.15) is 4.60 Å². The van der Waals surface area contributed by atoms with Crippen LogP contribution in [0.2, 0.25) is 0 Å². The summed E-state index contributed by atoms with van der Waals surface area (Å²) in [5.74, 6) is 0. The Morgan fingerprint density at radius 1 is 1.64 bits per heavy atom. The first-order valence-electron chi connectivity index (χ1n) is 2.85. The van der Waals surface area contributed by atoms with Crippen LogP contribution >= 0.6 is 15.9 Å². The molecule has 1 N–H and O–H groups in total. The normalized spacial score (nSPS) is 10.6. The van der Waals surface area contributed by atoms with Gasteiger partial charge in [-0.15, -0.1) is 0 Å². The monoisotopic (exact) mass is 214 g/mol. The number of fused-ring (bicyclic) bond motifs is 1. The topological polar surface area (TPSA) is 63.0 Å². The molecule has 2 rings (SSSR count). The molecule has 0 aliphatic carbocycles. The van der Waals surface area contributed by atoms with E-state index in [4.69, 9.17) is 0 Å². The molecular formula is C5H3BrN4O. The van der Waals surface area contributed by atoms with Crippen LogP contribution in [0.1, 0.15) is 0 Å². The number of nitrogens with one attached hydrogen (secondary N) is 1. The molecule has 0 unspecified atom stereocenters. The second kappa shape index (κ2) is 2.16. The maximum Gasteiger partial charge on any atom is 0.347 e. The van der Waals surface area contributed by atoms with Crippen LogP contribution in [0, 0.1) is 0 Å². The summed E-state index contributed by atoms with van der Waals surface area (Å²) < 4.78 is 1.98. The van der Waals surface area contributed by atoms with Crippen LogP contribution in [0.15, 0.2) is 21.8 Å². The Hall–Kier alpha value is -1.17. The van der Waals surface area contributed by atoms with Gasteiger partial charge in [0, 0.05) is 6.20 Å². The molecular weight excluding hydrogens is 212 g/mol. The molecule has 0 radical (unpaired) electrons. The predicted octanol–water partition coefficient (Wildman–Crippen LogP) is 0.180. The van der Waals surface area contributed by atoms with E-state index in [9.17, 15) is 4.79 Å². The van der Waals surface area contributed by atoms with E-state index in [0.717, 1.165) is 0 Å². The van der Waals surface area contributed by atoms with Gasteiger partial charge in [0.2, 0.25) is 0 Å². The van der Waals surface area contributed by atoms with Gasteiger partial charge in [0.15, 0.2) is 5.65 Å². The van der Waals surface area contributed by atoms with Crippen LogP contribution in [-0.2, 0) is 0 Å². The van der Waals surface area contributed by atoms with E-state index >= 15 is 0 Å². The van der Waals surface area contributed by atoms with Crippen LogP contribution in [0.4, 0.5) is 0 Å². The fourth-order valence-corrected chi connectivity index (χ4v) is 1.10. The van der Waals surface area contributed by atoms with Gasteiger partial charge in [-0.25, -0.2) is 19.3 Å². The lowest BCUT2D eigenvalue weighted by Crippen LogP contribution is -2.08. The van der Waals surface area contributed by atoms with Gasteiger partial charge in [-0.3, -0.25) is 0 Å². The third-order valence-corrected chi connectivity index (χ3v) is 1.68. The molecule has 0 aliphatic heterocycles. The maximum absolute atomic E-state index is 10.9. The quantitative estimate of drug-likeness (QED) is 0.681. The first-order chi connectivity index (χ1) is 5.27. The molecule has 0 bridgehead atoms.